The zero-order valence-electron chi connectivity index (χ0n) is 15.0. The molecule has 2 N–H and O–H groups in total. The van der Waals surface area contributed by atoms with Crippen LogP contribution in [0, 0.1) is 17.8 Å². The van der Waals surface area contributed by atoms with Gasteiger partial charge in [0.05, 0.1) is 12.3 Å². The Morgan fingerprint density at radius 1 is 1.08 bits per heavy atom. The highest BCUT2D eigenvalue weighted by atomic mass is 16.5. The number of hydrogen-bond donors (Lipinski definition) is 2. The molecule has 4 atom stereocenters. The van der Waals surface area contributed by atoms with Gasteiger partial charge < -0.3 is 9.64 Å². The van der Waals surface area contributed by atoms with Crippen LogP contribution in [-0.2, 0) is 9.53 Å². The van der Waals surface area contributed by atoms with E-state index in [2.05, 4.69) is 22.7 Å². The molecule has 0 radical (unpaired) electrons. The molecule has 3 aliphatic carbocycles. The standard InChI is InChI=1S/C19H33N3O2/c1-13-2-6-16(7-3-13)24-12-19(23)22(18-8-9-20-21-18)17-11-14-4-5-15(17)10-14/h13-18,20-21H,2-12H2,1H3. The highest BCUT2D eigenvalue weighted by Gasteiger charge is 2.46. The quantitative estimate of drug-likeness (QED) is 0.810. The second-order valence-corrected chi connectivity index (χ2v) is 8.61. The smallest absolute Gasteiger partial charge is 0.250 e. The Morgan fingerprint density at radius 3 is 2.54 bits per heavy atom. The summed E-state index contributed by atoms with van der Waals surface area (Å²) >= 11 is 0. The van der Waals surface area contributed by atoms with Crippen molar-refractivity contribution in [2.45, 2.75) is 83.0 Å². The lowest BCUT2D eigenvalue weighted by Gasteiger charge is -2.39. The van der Waals surface area contributed by atoms with Crippen LogP contribution < -0.4 is 10.9 Å². The molecule has 1 amide bonds. The lowest BCUT2D eigenvalue weighted by atomic mass is 9.89. The van der Waals surface area contributed by atoms with Crippen molar-refractivity contribution < 1.29 is 9.53 Å². The number of nitrogens with one attached hydrogen (secondary N) is 2. The van der Waals surface area contributed by atoms with Crippen LogP contribution in [0.2, 0.25) is 0 Å². The summed E-state index contributed by atoms with van der Waals surface area (Å²) in [5, 5.41) is 0. The van der Waals surface area contributed by atoms with E-state index in [0.29, 0.717) is 12.1 Å². The molecule has 4 unspecified atom stereocenters. The molecule has 4 fully saturated rings. The van der Waals surface area contributed by atoms with Gasteiger partial charge in [-0.3, -0.25) is 10.2 Å². The van der Waals surface area contributed by atoms with Gasteiger partial charge in [-0.2, -0.15) is 0 Å². The van der Waals surface area contributed by atoms with Gasteiger partial charge >= 0.3 is 0 Å². The number of fused-ring (bicyclic) bond motifs is 2. The van der Waals surface area contributed by atoms with Gasteiger partial charge in [0.1, 0.15) is 6.61 Å². The number of amides is 1. The van der Waals surface area contributed by atoms with Crippen LogP contribution >= 0.6 is 0 Å². The van der Waals surface area contributed by atoms with Crippen LogP contribution in [0.5, 0.6) is 0 Å². The van der Waals surface area contributed by atoms with Crippen molar-refractivity contribution in [1.29, 1.82) is 0 Å². The molecule has 0 spiro atoms. The second-order valence-electron chi connectivity index (χ2n) is 8.61. The zero-order valence-corrected chi connectivity index (χ0v) is 15.0. The number of hydrogen-bond acceptors (Lipinski definition) is 4. The minimum atomic E-state index is 0.150. The molecule has 1 saturated heterocycles. The number of hydrazine groups is 1. The lowest BCUT2D eigenvalue weighted by molar-refractivity contribution is -0.146. The third kappa shape index (κ3) is 3.49. The number of carbonyl (C=O) groups excluding carboxylic acids is 1. The number of ether oxygens (including phenoxy) is 1. The van der Waals surface area contributed by atoms with E-state index in [9.17, 15) is 4.79 Å². The largest absolute Gasteiger partial charge is 0.368 e. The van der Waals surface area contributed by atoms with Crippen molar-refractivity contribution in [3.8, 4) is 0 Å². The molecule has 0 aromatic rings. The Kier molecular flexibility index (Phi) is 5.11. The van der Waals surface area contributed by atoms with Crippen LogP contribution in [0.3, 0.4) is 0 Å². The van der Waals surface area contributed by atoms with Crippen LogP contribution in [0.1, 0.15) is 64.7 Å². The minimum absolute atomic E-state index is 0.150. The third-order valence-electron chi connectivity index (χ3n) is 6.90. The molecule has 3 saturated carbocycles. The fourth-order valence-corrected chi connectivity index (χ4v) is 5.48. The SMILES string of the molecule is CC1CCC(OCC(=O)N(C2CCNN2)C2CC3CCC2C3)CC1. The molecule has 0 aromatic heterocycles. The van der Waals surface area contributed by atoms with Crippen LogP contribution in [-0.4, -0.2) is 42.3 Å². The molecular formula is C19H33N3O2. The highest BCUT2D eigenvalue weighted by molar-refractivity contribution is 5.78. The van der Waals surface area contributed by atoms with E-state index in [4.69, 9.17) is 4.74 Å². The Labute approximate surface area is 145 Å². The molecule has 5 nitrogen and oxygen atoms in total. The Balaban J connectivity index is 1.36. The maximum absolute atomic E-state index is 13.0. The molecule has 5 heteroatoms. The first-order chi connectivity index (χ1) is 11.7. The van der Waals surface area contributed by atoms with E-state index in [-0.39, 0.29) is 18.7 Å². The zero-order chi connectivity index (χ0) is 16.5. The molecule has 1 heterocycles. The first-order valence-electron chi connectivity index (χ1n) is 10.1. The molecule has 2 bridgehead atoms. The highest BCUT2D eigenvalue weighted by Crippen LogP contribution is 2.47. The summed E-state index contributed by atoms with van der Waals surface area (Å²) in [7, 11) is 0. The molecule has 4 rings (SSSR count). The van der Waals surface area contributed by atoms with Crippen molar-refractivity contribution >= 4 is 5.91 Å². The van der Waals surface area contributed by atoms with E-state index < -0.39 is 0 Å². The number of carbonyl (C=O) groups is 1. The first-order valence-corrected chi connectivity index (χ1v) is 10.1. The van der Waals surface area contributed by atoms with Crippen LogP contribution in [0.4, 0.5) is 0 Å². The summed E-state index contributed by atoms with van der Waals surface area (Å²) in [5.41, 5.74) is 6.52. The van der Waals surface area contributed by atoms with Gasteiger partial charge in [-0.1, -0.05) is 13.3 Å². The molecule has 136 valence electrons. The van der Waals surface area contributed by atoms with Gasteiger partial charge in [0.2, 0.25) is 5.91 Å². The Hall–Kier alpha value is -0.650. The monoisotopic (exact) mass is 335 g/mol. The van der Waals surface area contributed by atoms with Crippen molar-refractivity contribution in [2.75, 3.05) is 13.2 Å². The average Bonchev–Trinajstić information content (AvgIpc) is 3.33. The van der Waals surface area contributed by atoms with Crippen molar-refractivity contribution in [2.24, 2.45) is 17.8 Å². The van der Waals surface area contributed by atoms with E-state index >= 15 is 0 Å². The van der Waals surface area contributed by atoms with Crippen LogP contribution in [0.25, 0.3) is 0 Å². The van der Waals surface area contributed by atoms with E-state index in [1.165, 1.54) is 38.5 Å². The van der Waals surface area contributed by atoms with Crippen LogP contribution in [0.15, 0.2) is 0 Å². The normalized spacial score (nSPS) is 41.7. The van der Waals surface area contributed by atoms with Gasteiger partial charge in [0.25, 0.3) is 0 Å². The third-order valence-corrected chi connectivity index (χ3v) is 6.90. The molecule has 24 heavy (non-hydrogen) atoms. The van der Waals surface area contributed by atoms with Gasteiger partial charge in [0, 0.05) is 12.6 Å². The predicted octanol–water partition coefficient (Wildman–Crippen LogP) is 2.42. The topological polar surface area (TPSA) is 53.6 Å². The van der Waals surface area contributed by atoms with Crippen molar-refractivity contribution in [3.63, 3.8) is 0 Å². The van der Waals surface area contributed by atoms with E-state index in [0.717, 1.165) is 43.6 Å². The maximum Gasteiger partial charge on any atom is 0.250 e. The van der Waals surface area contributed by atoms with E-state index in [1.54, 1.807) is 0 Å². The first kappa shape index (κ1) is 16.8. The average molecular weight is 335 g/mol. The van der Waals surface area contributed by atoms with E-state index in [1.807, 2.05) is 0 Å². The summed E-state index contributed by atoms with van der Waals surface area (Å²) in [6.07, 6.45) is 11.4. The van der Waals surface area contributed by atoms with Gasteiger partial charge in [-0.25, -0.2) is 5.43 Å². The minimum Gasteiger partial charge on any atom is -0.368 e. The summed E-state index contributed by atoms with van der Waals surface area (Å²) in [4.78, 5) is 15.2. The fourth-order valence-electron chi connectivity index (χ4n) is 5.48. The summed E-state index contributed by atoms with van der Waals surface area (Å²) in [5.74, 6) is 2.59. The van der Waals surface area contributed by atoms with Crippen molar-refractivity contribution in [3.05, 3.63) is 0 Å². The lowest BCUT2D eigenvalue weighted by Crippen LogP contribution is -2.55. The molecule has 0 aromatic carbocycles. The second kappa shape index (κ2) is 7.30. The molecular weight excluding hydrogens is 302 g/mol. The number of nitrogens with zero attached hydrogens (tertiary/aromatic N) is 1. The maximum atomic E-state index is 13.0. The fraction of sp³-hybridized carbons (Fsp3) is 0.947. The van der Waals surface area contributed by atoms with Crippen molar-refractivity contribution in [1.82, 2.24) is 15.8 Å². The summed E-state index contributed by atoms with van der Waals surface area (Å²) in [6.45, 7) is 3.53. The number of rotatable bonds is 5. The summed E-state index contributed by atoms with van der Waals surface area (Å²) in [6, 6.07) is 0.434. The molecule has 4 aliphatic rings. The Morgan fingerprint density at radius 2 is 1.92 bits per heavy atom. The molecule has 1 aliphatic heterocycles. The summed E-state index contributed by atoms with van der Waals surface area (Å²) < 4.78 is 6.03. The Bertz CT molecular complexity index is 444. The van der Waals surface area contributed by atoms with Gasteiger partial charge in [-0.05, 0) is 69.1 Å². The van der Waals surface area contributed by atoms with Gasteiger partial charge in [-0.15, -0.1) is 0 Å². The predicted molar refractivity (Wildman–Crippen MR) is 93.0 cm³/mol. The van der Waals surface area contributed by atoms with Gasteiger partial charge in [0.15, 0.2) is 0 Å².